The summed E-state index contributed by atoms with van der Waals surface area (Å²) in [5.74, 6) is -0.521. The third-order valence-corrected chi connectivity index (χ3v) is 4.60. The number of nitrogens with zero attached hydrogens (tertiary/aromatic N) is 5. The average molecular weight is 358 g/mol. The lowest BCUT2D eigenvalue weighted by Gasteiger charge is -2.32. The highest BCUT2D eigenvalue weighted by Crippen LogP contribution is 2.25. The van der Waals surface area contributed by atoms with E-state index in [1.54, 1.807) is 0 Å². The number of benzene rings is 1. The van der Waals surface area contributed by atoms with Gasteiger partial charge in [0.15, 0.2) is 0 Å². The summed E-state index contributed by atoms with van der Waals surface area (Å²) in [4.78, 5) is 20.5. The maximum absolute atomic E-state index is 13.7. The summed E-state index contributed by atoms with van der Waals surface area (Å²) in [5, 5.41) is 10.9. The van der Waals surface area contributed by atoms with Crippen molar-refractivity contribution < 1.29 is 13.6 Å². The molecular formula is C17H19FN6O2. The number of aliphatic imine (C=N–C) groups is 1. The Labute approximate surface area is 149 Å². The zero-order valence-corrected chi connectivity index (χ0v) is 14.4. The topological polar surface area (TPSA) is 86.9 Å². The van der Waals surface area contributed by atoms with Gasteiger partial charge in [-0.05, 0) is 24.7 Å². The minimum absolute atomic E-state index is 0.0848. The summed E-state index contributed by atoms with van der Waals surface area (Å²) in [6, 6.07) is 4.52. The molecular weight excluding hydrogens is 339 g/mol. The molecule has 0 aliphatic carbocycles. The van der Waals surface area contributed by atoms with Crippen LogP contribution in [0.3, 0.4) is 0 Å². The number of piperazine rings is 1. The average Bonchev–Trinajstić information content (AvgIpc) is 3.07. The quantitative estimate of drug-likeness (QED) is 0.885. The largest absolute Gasteiger partial charge is 0.402 e. The second-order valence-corrected chi connectivity index (χ2v) is 6.21. The summed E-state index contributed by atoms with van der Waals surface area (Å²) >= 11 is 0. The van der Waals surface area contributed by atoms with Crippen LogP contribution in [0.1, 0.15) is 18.4 Å². The van der Waals surface area contributed by atoms with Gasteiger partial charge in [-0.15, -0.1) is 5.10 Å². The molecule has 0 spiro atoms. The molecule has 0 atom stereocenters. The Morgan fingerprint density at radius 1 is 1.23 bits per heavy atom. The lowest BCUT2D eigenvalue weighted by atomic mass is 10.1. The van der Waals surface area contributed by atoms with E-state index in [1.807, 2.05) is 4.90 Å². The number of halogens is 1. The first-order chi connectivity index (χ1) is 12.6. The molecule has 136 valence electrons. The van der Waals surface area contributed by atoms with E-state index in [0.29, 0.717) is 23.0 Å². The van der Waals surface area contributed by atoms with E-state index in [4.69, 9.17) is 4.42 Å². The van der Waals surface area contributed by atoms with Crippen LogP contribution >= 0.6 is 0 Å². The van der Waals surface area contributed by atoms with Crippen LogP contribution in [-0.2, 0) is 4.79 Å². The zero-order chi connectivity index (χ0) is 18.1. The van der Waals surface area contributed by atoms with Crippen molar-refractivity contribution in [1.29, 1.82) is 0 Å². The van der Waals surface area contributed by atoms with Crippen LogP contribution in [0.25, 0.3) is 0 Å². The van der Waals surface area contributed by atoms with Gasteiger partial charge < -0.3 is 19.5 Å². The first-order valence-corrected chi connectivity index (χ1v) is 8.59. The van der Waals surface area contributed by atoms with Gasteiger partial charge in [-0.3, -0.25) is 9.79 Å². The number of benzodiazepines with no additional fused rings is 1. The Bertz CT molecular complexity index is 857. The molecule has 0 bridgehead atoms. The maximum atomic E-state index is 13.7. The van der Waals surface area contributed by atoms with Crippen LogP contribution in [0, 0.1) is 5.82 Å². The zero-order valence-electron chi connectivity index (χ0n) is 14.4. The molecule has 0 radical (unpaired) electrons. The molecule has 2 aliphatic heterocycles. The van der Waals surface area contributed by atoms with E-state index in [9.17, 15) is 9.18 Å². The molecule has 2 aromatic rings. The molecule has 4 rings (SSSR count). The third-order valence-electron chi connectivity index (χ3n) is 4.60. The lowest BCUT2D eigenvalue weighted by molar-refractivity contribution is -0.114. The van der Waals surface area contributed by atoms with Crippen molar-refractivity contribution >= 4 is 23.3 Å². The number of carbonyl (C=O) groups excluding carboxylic acids is 1. The van der Waals surface area contributed by atoms with Gasteiger partial charge in [-0.1, -0.05) is 12.0 Å². The number of carbonyl (C=O) groups is 1. The molecule has 1 aromatic carbocycles. The van der Waals surface area contributed by atoms with Crippen molar-refractivity contribution in [3.8, 4) is 0 Å². The van der Waals surface area contributed by atoms with Crippen LogP contribution in [-0.4, -0.2) is 66.0 Å². The Balaban J connectivity index is 1.63. The van der Waals surface area contributed by atoms with Gasteiger partial charge in [0.2, 0.25) is 5.91 Å². The standard InChI is InChI=1S/C17H19FN6O2/c1-2-23-5-7-24(8-6-23)17-22-21-16(26-17)15-12-9-11(18)3-4-13(12)20-14(25)10-19-15/h3-4,9H,2,5-8,10H2,1H3,(H,20,25). The SMILES string of the molecule is CCN1CCN(c2nnc(C3=NCC(=O)Nc4ccc(F)cc43)o2)CC1. The maximum Gasteiger partial charge on any atom is 0.318 e. The van der Waals surface area contributed by atoms with Crippen LogP contribution in [0.4, 0.5) is 16.1 Å². The Morgan fingerprint density at radius 2 is 2.04 bits per heavy atom. The molecule has 1 N–H and O–H groups in total. The summed E-state index contributed by atoms with van der Waals surface area (Å²) in [6.07, 6.45) is 0. The highest BCUT2D eigenvalue weighted by molar-refractivity contribution is 6.17. The molecule has 26 heavy (non-hydrogen) atoms. The minimum atomic E-state index is -0.428. The van der Waals surface area contributed by atoms with E-state index >= 15 is 0 Å². The van der Waals surface area contributed by atoms with Gasteiger partial charge in [-0.25, -0.2) is 4.39 Å². The predicted octanol–water partition coefficient (Wildman–Crippen LogP) is 1.14. The number of rotatable bonds is 3. The van der Waals surface area contributed by atoms with Crippen LogP contribution in [0.5, 0.6) is 0 Å². The van der Waals surface area contributed by atoms with E-state index in [0.717, 1.165) is 32.7 Å². The Morgan fingerprint density at radius 3 is 2.81 bits per heavy atom. The highest BCUT2D eigenvalue weighted by Gasteiger charge is 2.25. The molecule has 3 heterocycles. The molecule has 1 fully saturated rings. The molecule has 1 amide bonds. The van der Waals surface area contributed by atoms with Gasteiger partial charge in [0, 0.05) is 31.7 Å². The van der Waals surface area contributed by atoms with Gasteiger partial charge in [0.05, 0.1) is 5.69 Å². The van der Waals surface area contributed by atoms with Crippen LogP contribution in [0.2, 0.25) is 0 Å². The van der Waals surface area contributed by atoms with E-state index in [1.165, 1.54) is 18.2 Å². The summed E-state index contributed by atoms with van der Waals surface area (Å²) in [6.45, 7) is 6.53. The summed E-state index contributed by atoms with van der Waals surface area (Å²) in [7, 11) is 0. The normalized spacial score (nSPS) is 18.2. The molecule has 1 aromatic heterocycles. The third kappa shape index (κ3) is 3.17. The fourth-order valence-corrected chi connectivity index (χ4v) is 3.12. The number of anilines is 2. The van der Waals surface area contributed by atoms with Crippen molar-refractivity contribution in [2.45, 2.75) is 6.92 Å². The number of amides is 1. The van der Waals surface area contributed by atoms with Crippen LogP contribution < -0.4 is 10.2 Å². The number of hydrogen-bond donors (Lipinski definition) is 1. The minimum Gasteiger partial charge on any atom is -0.402 e. The monoisotopic (exact) mass is 358 g/mol. The van der Waals surface area contributed by atoms with Crippen molar-refractivity contribution in [3.05, 3.63) is 35.5 Å². The molecule has 0 saturated carbocycles. The number of fused-ring (bicyclic) bond motifs is 1. The smallest absolute Gasteiger partial charge is 0.318 e. The Kier molecular flexibility index (Phi) is 4.37. The number of aromatic nitrogens is 2. The van der Waals surface area contributed by atoms with Crippen molar-refractivity contribution in [2.75, 3.05) is 49.5 Å². The van der Waals surface area contributed by atoms with Gasteiger partial charge in [-0.2, -0.15) is 0 Å². The first-order valence-electron chi connectivity index (χ1n) is 8.59. The second-order valence-electron chi connectivity index (χ2n) is 6.21. The van der Waals surface area contributed by atoms with Gasteiger partial charge in [0.1, 0.15) is 18.1 Å². The highest BCUT2D eigenvalue weighted by atomic mass is 19.1. The molecule has 9 heteroatoms. The summed E-state index contributed by atoms with van der Waals surface area (Å²) in [5.41, 5.74) is 1.23. The predicted molar refractivity (Wildman–Crippen MR) is 94.2 cm³/mol. The van der Waals surface area contributed by atoms with E-state index in [-0.39, 0.29) is 18.3 Å². The van der Waals surface area contributed by atoms with Gasteiger partial charge in [0.25, 0.3) is 5.89 Å². The number of nitrogens with one attached hydrogen (secondary N) is 1. The summed E-state index contributed by atoms with van der Waals surface area (Å²) < 4.78 is 19.5. The Hall–Kier alpha value is -2.81. The van der Waals surface area contributed by atoms with Gasteiger partial charge >= 0.3 is 6.01 Å². The second kappa shape index (κ2) is 6.83. The van der Waals surface area contributed by atoms with E-state index < -0.39 is 5.82 Å². The van der Waals surface area contributed by atoms with Crippen molar-refractivity contribution in [2.24, 2.45) is 4.99 Å². The molecule has 2 aliphatic rings. The fraction of sp³-hybridized carbons (Fsp3) is 0.412. The lowest BCUT2D eigenvalue weighted by Crippen LogP contribution is -2.46. The van der Waals surface area contributed by atoms with Crippen LogP contribution in [0.15, 0.2) is 27.6 Å². The molecule has 1 saturated heterocycles. The molecule has 0 unspecified atom stereocenters. The fourth-order valence-electron chi connectivity index (χ4n) is 3.12. The molecule has 8 nitrogen and oxygen atoms in total. The van der Waals surface area contributed by atoms with Crippen molar-refractivity contribution in [1.82, 2.24) is 15.1 Å². The number of hydrogen-bond acceptors (Lipinski definition) is 7. The number of likely N-dealkylation sites (N-methyl/N-ethyl adjacent to an activating group) is 1. The van der Waals surface area contributed by atoms with E-state index in [2.05, 4.69) is 32.3 Å². The first kappa shape index (κ1) is 16.6. The van der Waals surface area contributed by atoms with Crippen molar-refractivity contribution in [3.63, 3.8) is 0 Å².